The zero-order valence-electron chi connectivity index (χ0n) is 16.9. The zero-order valence-corrected chi connectivity index (χ0v) is 16.9. The minimum Gasteiger partial charge on any atom is -0.493 e. The molecule has 2 bridgehead atoms. The lowest BCUT2D eigenvalue weighted by molar-refractivity contribution is -0.140. The number of halogens is 1. The number of fused-ring (bicyclic) bond motifs is 5. The van der Waals surface area contributed by atoms with E-state index in [-0.39, 0.29) is 47.9 Å². The van der Waals surface area contributed by atoms with E-state index in [2.05, 4.69) is 17.3 Å². The molecule has 5 rings (SSSR count). The highest BCUT2D eigenvalue weighted by atomic mass is 19.1. The van der Waals surface area contributed by atoms with Gasteiger partial charge in [0.05, 0.1) is 25.2 Å². The Hall–Kier alpha value is -3.48. The van der Waals surface area contributed by atoms with E-state index >= 15 is 0 Å². The van der Waals surface area contributed by atoms with Crippen molar-refractivity contribution in [1.29, 1.82) is 0 Å². The number of hydrogen-bond donors (Lipinski definition) is 0. The Morgan fingerprint density at radius 1 is 1.03 bits per heavy atom. The quantitative estimate of drug-likeness (QED) is 0.407. The molecule has 0 N–H and O–H groups in total. The van der Waals surface area contributed by atoms with Crippen molar-refractivity contribution in [2.45, 2.75) is 13.0 Å². The largest absolute Gasteiger partial charge is 0.493 e. The Bertz CT molecular complexity index is 1070. The molecule has 158 valence electrons. The maximum Gasteiger partial charge on any atom is 0.254 e. The molecule has 2 aromatic carbocycles. The molecule has 3 aliphatic rings. The second-order valence-electron chi connectivity index (χ2n) is 8.06. The Balaban J connectivity index is 1.29. The highest BCUT2D eigenvalue weighted by molar-refractivity contribution is 6.06. The number of benzene rings is 2. The Morgan fingerprint density at radius 3 is 2.35 bits per heavy atom. The molecule has 0 aromatic heterocycles. The maximum absolute atomic E-state index is 13.0. The summed E-state index contributed by atoms with van der Waals surface area (Å²) in [6.45, 7) is 0.264. The lowest BCUT2D eigenvalue weighted by atomic mass is 9.85. The summed E-state index contributed by atoms with van der Waals surface area (Å²) in [6.07, 6.45) is 6.49. The van der Waals surface area contributed by atoms with Crippen molar-refractivity contribution in [2.24, 2.45) is 28.8 Å². The summed E-state index contributed by atoms with van der Waals surface area (Å²) in [5, 5.41) is 5.21. The van der Waals surface area contributed by atoms with Crippen molar-refractivity contribution in [1.82, 2.24) is 5.01 Å². The maximum atomic E-state index is 13.0. The lowest BCUT2D eigenvalue weighted by Crippen LogP contribution is -2.28. The first-order chi connectivity index (χ1) is 15.0. The molecule has 1 saturated heterocycles. The fraction of sp³-hybridized carbons (Fsp3) is 0.292. The van der Waals surface area contributed by atoms with Gasteiger partial charge in [-0.15, -0.1) is 0 Å². The highest BCUT2D eigenvalue weighted by Crippen LogP contribution is 2.52. The summed E-state index contributed by atoms with van der Waals surface area (Å²) in [6, 6.07) is 11.3. The Kier molecular flexibility index (Phi) is 4.81. The van der Waals surface area contributed by atoms with E-state index in [0.29, 0.717) is 17.1 Å². The van der Waals surface area contributed by atoms with Gasteiger partial charge in [-0.1, -0.05) is 24.3 Å². The molecule has 0 spiro atoms. The fourth-order valence-electron chi connectivity index (χ4n) is 4.75. The summed E-state index contributed by atoms with van der Waals surface area (Å²) >= 11 is 0. The van der Waals surface area contributed by atoms with E-state index in [1.165, 1.54) is 25.5 Å². The minimum absolute atomic E-state index is 0.157. The summed E-state index contributed by atoms with van der Waals surface area (Å²) in [7, 11) is 1.53. The van der Waals surface area contributed by atoms with Crippen LogP contribution in [0.3, 0.4) is 0 Å². The van der Waals surface area contributed by atoms with E-state index in [1.807, 2.05) is 0 Å². The molecule has 1 saturated carbocycles. The van der Waals surface area contributed by atoms with E-state index in [0.717, 1.165) is 17.0 Å². The number of allylic oxidation sites excluding steroid dienone is 2. The van der Waals surface area contributed by atoms with E-state index in [9.17, 15) is 14.0 Å². The van der Waals surface area contributed by atoms with Crippen LogP contribution in [-0.4, -0.2) is 30.1 Å². The Morgan fingerprint density at radius 2 is 1.71 bits per heavy atom. The van der Waals surface area contributed by atoms with Gasteiger partial charge in [-0.05, 0) is 59.7 Å². The molecule has 4 atom stereocenters. The molecular formula is C24H21FN2O4. The monoisotopic (exact) mass is 420 g/mol. The SMILES string of the molecule is COc1cc(C=NN2C(=O)C3C4C=CC(C4)C3C2=O)ccc1OCc1ccc(F)cc1. The number of hydrazone groups is 1. The molecule has 7 heteroatoms. The third-order valence-electron chi connectivity index (χ3n) is 6.26. The van der Waals surface area contributed by atoms with Crippen molar-refractivity contribution in [3.05, 3.63) is 71.6 Å². The lowest BCUT2D eigenvalue weighted by Gasteiger charge is -2.13. The molecule has 1 aliphatic heterocycles. The minimum atomic E-state index is -0.299. The first kappa shape index (κ1) is 19.5. The summed E-state index contributed by atoms with van der Waals surface area (Å²) in [4.78, 5) is 25.4. The topological polar surface area (TPSA) is 68.2 Å². The summed E-state index contributed by atoms with van der Waals surface area (Å²) < 4.78 is 24.2. The standard InChI is InChI=1S/C24H21FN2O4/c1-30-20-10-15(4-9-19(20)31-13-14-2-7-18(25)8-3-14)12-26-27-23(28)21-16-5-6-17(11-16)22(21)24(27)29/h2-10,12,16-17,21-22H,11,13H2,1H3. The third-order valence-corrected chi connectivity index (χ3v) is 6.26. The average Bonchev–Trinajstić information content (AvgIpc) is 3.46. The van der Waals surface area contributed by atoms with Crippen molar-refractivity contribution in [3.8, 4) is 11.5 Å². The Labute approximate surface area is 179 Å². The molecule has 31 heavy (non-hydrogen) atoms. The second-order valence-corrected chi connectivity index (χ2v) is 8.06. The number of rotatable bonds is 6. The zero-order chi connectivity index (χ0) is 21.5. The number of hydrogen-bond acceptors (Lipinski definition) is 5. The number of imide groups is 1. The number of methoxy groups -OCH3 is 1. The highest BCUT2D eigenvalue weighted by Gasteiger charge is 2.59. The van der Waals surface area contributed by atoms with E-state index < -0.39 is 0 Å². The molecule has 0 radical (unpaired) electrons. The molecule has 6 nitrogen and oxygen atoms in total. The van der Waals surface area contributed by atoms with Gasteiger partial charge in [-0.3, -0.25) is 9.59 Å². The van der Waals surface area contributed by atoms with Crippen LogP contribution in [0.1, 0.15) is 17.5 Å². The van der Waals surface area contributed by atoms with Crippen LogP contribution in [0.2, 0.25) is 0 Å². The normalized spacial score (nSPS) is 26.2. The van der Waals surface area contributed by atoms with Gasteiger partial charge in [-0.2, -0.15) is 10.1 Å². The van der Waals surface area contributed by atoms with Crippen LogP contribution in [0, 0.1) is 29.5 Å². The van der Waals surface area contributed by atoms with Crippen LogP contribution >= 0.6 is 0 Å². The molecule has 2 aliphatic carbocycles. The number of carbonyl (C=O) groups excluding carboxylic acids is 2. The molecule has 4 unspecified atom stereocenters. The van der Waals surface area contributed by atoms with Gasteiger partial charge in [0.15, 0.2) is 11.5 Å². The van der Waals surface area contributed by atoms with Crippen LogP contribution in [0.4, 0.5) is 4.39 Å². The van der Waals surface area contributed by atoms with Crippen molar-refractivity contribution < 1.29 is 23.5 Å². The van der Waals surface area contributed by atoms with Gasteiger partial charge in [0.25, 0.3) is 11.8 Å². The molecule has 2 amide bonds. The van der Waals surface area contributed by atoms with Crippen molar-refractivity contribution >= 4 is 18.0 Å². The average molecular weight is 420 g/mol. The van der Waals surface area contributed by atoms with E-state index in [4.69, 9.17) is 9.47 Å². The predicted molar refractivity (Wildman–Crippen MR) is 111 cm³/mol. The molecule has 2 aromatic rings. The van der Waals surface area contributed by atoms with Gasteiger partial charge in [-0.25, -0.2) is 4.39 Å². The smallest absolute Gasteiger partial charge is 0.254 e. The van der Waals surface area contributed by atoms with E-state index in [1.54, 1.807) is 30.3 Å². The van der Waals surface area contributed by atoms with Gasteiger partial charge in [0.2, 0.25) is 0 Å². The second kappa shape index (κ2) is 7.65. The summed E-state index contributed by atoms with van der Waals surface area (Å²) in [5.74, 6) is 0.0660. The molecule has 1 heterocycles. The van der Waals surface area contributed by atoms with Gasteiger partial charge in [0, 0.05) is 0 Å². The van der Waals surface area contributed by atoms with Crippen LogP contribution in [0.15, 0.2) is 59.7 Å². The number of carbonyl (C=O) groups is 2. The number of ether oxygens (including phenoxy) is 2. The van der Waals surface area contributed by atoms with Gasteiger partial charge in [0.1, 0.15) is 12.4 Å². The molecule has 2 fully saturated rings. The summed E-state index contributed by atoms with van der Waals surface area (Å²) in [5.41, 5.74) is 1.50. The van der Waals surface area contributed by atoms with Crippen LogP contribution in [-0.2, 0) is 16.2 Å². The van der Waals surface area contributed by atoms with Gasteiger partial charge >= 0.3 is 0 Å². The fourth-order valence-corrected chi connectivity index (χ4v) is 4.75. The number of amides is 2. The van der Waals surface area contributed by atoms with Gasteiger partial charge < -0.3 is 9.47 Å². The third kappa shape index (κ3) is 3.40. The van der Waals surface area contributed by atoms with Crippen LogP contribution in [0.5, 0.6) is 11.5 Å². The van der Waals surface area contributed by atoms with Crippen molar-refractivity contribution in [3.63, 3.8) is 0 Å². The van der Waals surface area contributed by atoms with Crippen LogP contribution < -0.4 is 9.47 Å². The molecular weight excluding hydrogens is 399 g/mol. The van der Waals surface area contributed by atoms with Crippen molar-refractivity contribution in [2.75, 3.05) is 7.11 Å². The predicted octanol–water partition coefficient (Wildman–Crippen LogP) is 3.55. The first-order valence-electron chi connectivity index (χ1n) is 10.2. The number of nitrogens with zero attached hydrogens (tertiary/aromatic N) is 2. The first-order valence-corrected chi connectivity index (χ1v) is 10.2. The van der Waals surface area contributed by atoms with Crippen LogP contribution in [0.25, 0.3) is 0 Å².